The van der Waals surface area contributed by atoms with Crippen LogP contribution in [0.1, 0.15) is 11.1 Å². The van der Waals surface area contributed by atoms with Crippen molar-refractivity contribution in [3.63, 3.8) is 0 Å². The molecular formula is C11H10F2N4. The molecule has 0 atom stereocenters. The number of halogens is 2. The maximum atomic E-state index is 12.8. The van der Waals surface area contributed by atoms with Crippen molar-refractivity contribution in [2.45, 2.75) is 13.8 Å². The largest absolute Gasteiger partial charge is 0.324 e. The van der Waals surface area contributed by atoms with Crippen molar-refractivity contribution in [1.29, 1.82) is 0 Å². The first kappa shape index (κ1) is 11.4. The summed E-state index contributed by atoms with van der Waals surface area (Å²) in [6.07, 6.45) is -2.30. The molecule has 0 saturated heterocycles. The third kappa shape index (κ3) is 2.52. The van der Waals surface area contributed by atoms with Crippen molar-refractivity contribution in [2.24, 2.45) is 0 Å². The summed E-state index contributed by atoms with van der Waals surface area (Å²) in [6, 6.07) is 5.55. The number of aryl methyl sites for hydroxylation is 1. The number of benzene rings is 1. The molecule has 2 rings (SSSR count). The fourth-order valence-electron chi connectivity index (χ4n) is 1.39. The summed E-state index contributed by atoms with van der Waals surface area (Å²) < 4.78 is 25.5. The Labute approximate surface area is 96.8 Å². The zero-order valence-electron chi connectivity index (χ0n) is 9.33. The summed E-state index contributed by atoms with van der Waals surface area (Å²) in [5, 5.41) is 2.75. The van der Waals surface area contributed by atoms with Crippen molar-refractivity contribution in [2.75, 3.05) is 5.32 Å². The quantitative estimate of drug-likeness (QED) is 0.870. The molecule has 88 valence electrons. The van der Waals surface area contributed by atoms with E-state index in [1.54, 1.807) is 6.07 Å². The van der Waals surface area contributed by atoms with Gasteiger partial charge in [0, 0.05) is 5.69 Å². The number of rotatable bonds is 2. The van der Waals surface area contributed by atoms with E-state index >= 15 is 0 Å². The second-order valence-corrected chi connectivity index (χ2v) is 3.57. The van der Waals surface area contributed by atoms with Gasteiger partial charge in [-0.2, -0.15) is 23.7 Å². The van der Waals surface area contributed by atoms with Crippen molar-refractivity contribution in [3.05, 3.63) is 41.5 Å². The topological polar surface area (TPSA) is 50.7 Å². The van der Waals surface area contributed by atoms with Gasteiger partial charge in [0.05, 0.1) is 0 Å². The number of aromatic nitrogens is 3. The predicted molar refractivity (Wildman–Crippen MR) is 58.9 cm³/mol. The third-order valence-corrected chi connectivity index (χ3v) is 2.43. The number of nitrogens with one attached hydrogen (secondary N) is 1. The van der Waals surface area contributed by atoms with E-state index in [4.69, 9.17) is 0 Å². The van der Waals surface area contributed by atoms with Crippen molar-refractivity contribution < 1.29 is 8.78 Å². The average Bonchev–Trinajstić information content (AvgIpc) is 2.23. The SMILES string of the molecule is Cc1cccc(Nc2nc(F)nc(F)n2)c1C. The lowest BCUT2D eigenvalue weighted by Crippen LogP contribution is -2.05. The maximum Gasteiger partial charge on any atom is 0.315 e. The molecule has 0 amide bonds. The van der Waals surface area contributed by atoms with Crippen LogP contribution in [0.3, 0.4) is 0 Å². The van der Waals surface area contributed by atoms with Crippen LogP contribution in [-0.4, -0.2) is 15.0 Å². The van der Waals surface area contributed by atoms with E-state index in [1.165, 1.54) is 0 Å². The van der Waals surface area contributed by atoms with Crippen molar-refractivity contribution >= 4 is 11.6 Å². The molecule has 1 N–H and O–H groups in total. The maximum absolute atomic E-state index is 12.8. The van der Waals surface area contributed by atoms with E-state index in [1.807, 2.05) is 26.0 Å². The van der Waals surface area contributed by atoms with Crippen molar-refractivity contribution in [1.82, 2.24) is 15.0 Å². The summed E-state index contributed by atoms with van der Waals surface area (Å²) in [5.74, 6) is -0.149. The Balaban J connectivity index is 2.34. The Hall–Kier alpha value is -2.11. The monoisotopic (exact) mass is 236 g/mol. The minimum atomic E-state index is -1.15. The first-order valence-corrected chi connectivity index (χ1v) is 4.96. The number of anilines is 2. The highest BCUT2D eigenvalue weighted by Crippen LogP contribution is 2.20. The highest BCUT2D eigenvalue weighted by atomic mass is 19.1. The zero-order chi connectivity index (χ0) is 12.4. The van der Waals surface area contributed by atoms with Crippen LogP contribution in [0.5, 0.6) is 0 Å². The van der Waals surface area contributed by atoms with Gasteiger partial charge in [-0.15, -0.1) is 0 Å². The molecule has 6 heteroatoms. The van der Waals surface area contributed by atoms with E-state index in [0.29, 0.717) is 5.69 Å². The van der Waals surface area contributed by atoms with Crippen LogP contribution in [0.4, 0.5) is 20.4 Å². The molecule has 2 aromatic rings. The van der Waals surface area contributed by atoms with Crippen molar-refractivity contribution in [3.8, 4) is 0 Å². The molecular weight excluding hydrogens is 226 g/mol. The van der Waals surface area contributed by atoms with E-state index in [2.05, 4.69) is 20.3 Å². The molecule has 1 heterocycles. The lowest BCUT2D eigenvalue weighted by atomic mass is 10.1. The molecule has 0 aliphatic carbocycles. The van der Waals surface area contributed by atoms with E-state index in [0.717, 1.165) is 11.1 Å². The second-order valence-electron chi connectivity index (χ2n) is 3.57. The van der Waals surface area contributed by atoms with Gasteiger partial charge in [-0.05, 0) is 31.0 Å². The standard InChI is InChI=1S/C11H10F2N4/c1-6-4-3-5-8(7(6)2)14-11-16-9(12)15-10(13)17-11/h3-5H,1-2H3,(H,14,15,16,17). The van der Waals surface area contributed by atoms with Gasteiger partial charge in [-0.1, -0.05) is 12.1 Å². The van der Waals surface area contributed by atoms with E-state index in [-0.39, 0.29) is 5.95 Å². The fraction of sp³-hybridized carbons (Fsp3) is 0.182. The Morgan fingerprint density at radius 3 is 2.29 bits per heavy atom. The summed E-state index contributed by atoms with van der Waals surface area (Å²) in [6.45, 7) is 3.83. The average molecular weight is 236 g/mol. The summed E-state index contributed by atoms with van der Waals surface area (Å²) in [5.41, 5.74) is 2.73. The van der Waals surface area contributed by atoms with E-state index in [9.17, 15) is 8.78 Å². The van der Waals surface area contributed by atoms with Gasteiger partial charge in [0.25, 0.3) is 0 Å². The summed E-state index contributed by atoms with van der Waals surface area (Å²) in [7, 11) is 0. The molecule has 0 aliphatic rings. The molecule has 4 nitrogen and oxygen atoms in total. The molecule has 0 aliphatic heterocycles. The normalized spacial score (nSPS) is 10.4. The molecule has 0 saturated carbocycles. The summed E-state index contributed by atoms with van der Waals surface area (Å²) in [4.78, 5) is 9.54. The molecule has 0 radical (unpaired) electrons. The molecule has 1 aromatic heterocycles. The fourth-order valence-corrected chi connectivity index (χ4v) is 1.39. The van der Waals surface area contributed by atoms with Crippen LogP contribution in [0, 0.1) is 26.0 Å². The van der Waals surface area contributed by atoms with Gasteiger partial charge < -0.3 is 5.32 Å². The predicted octanol–water partition coefficient (Wildman–Crippen LogP) is 2.51. The number of hydrogen-bond acceptors (Lipinski definition) is 4. The lowest BCUT2D eigenvalue weighted by Gasteiger charge is -2.09. The molecule has 17 heavy (non-hydrogen) atoms. The minimum Gasteiger partial charge on any atom is -0.324 e. The molecule has 0 unspecified atom stereocenters. The zero-order valence-corrected chi connectivity index (χ0v) is 9.33. The highest BCUT2D eigenvalue weighted by molar-refractivity contribution is 5.59. The molecule has 0 fully saturated rings. The van der Waals surface area contributed by atoms with Crippen LogP contribution >= 0.6 is 0 Å². The minimum absolute atomic E-state index is 0.149. The second kappa shape index (κ2) is 4.40. The third-order valence-electron chi connectivity index (χ3n) is 2.43. The van der Waals surface area contributed by atoms with Gasteiger partial charge in [0.15, 0.2) is 0 Å². The lowest BCUT2D eigenvalue weighted by molar-refractivity contribution is 0.458. The van der Waals surface area contributed by atoms with Gasteiger partial charge in [-0.3, -0.25) is 0 Å². The Kier molecular flexibility index (Phi) is 2.95. The molecule has 0 spiro atoms. The first-order chi connectivity index (χ1) is 8.06. The van der Waals surface area contributed by atoms with Crippen LogP contribution in [0.25, 0.3) is 0 Å². The van der Waals surface area contributed by atoms with Crippen LogP contribution < -0.4 is 5.32 Å². The van der Waals surface area contributed by atoms with Crippen LogP contribution in [0.15, 0.2) is 18.2 Å². The van der Waals surface area contributed by atoms with Crippen LogP contribution in [-0.2, 0) is 0 Å². The van der Waals surface area contributed by atoms with Gasteiger partial charge in [0.1, 0.15) is 0 Å². The smallest absolute Gasteiger partial charge is 0.315 e. The van der Waals surface area contributed by atoms with Gasteiger partial charge in [-0.25, -0.2) is 0 Å². The molecule has 0 bridgehead atoms. The van der Waals surface area contributed by atoms with E-state index < -0.39 is 12.2 Å². The van der Waals surface area contributed by atoms with Gasteiger partial charge >= 0.3 is 12.2 Å². The summed E-state index contributed by atoms with van der Waals surface area (Å²) >= 11 is 0. The molecule has 1 aromatic carbocycles. The Morgan fingerprint density at radius 2 is 1.65 bits per heavy atom. The Bertz CT molecular complexity index is 537. The van der Waals surface area contributed by atoms with Gasteiger partial charge in [0.2, 0.25) is 5.95 Å². The first-order valence-electron chi connectivity index (χ1n) is 4.96. The van der Waals surface area contributed by atoms with Crippen LogP contribution in [0.2, 0.25) is 0 Å². The number of hydrogen-bond donors (Lipinski definition) is 1. The number of nitrogens with zero attached hydrogens (tertiary/aromatic N) is 3. The Morgan fingerprint density at radius 1 is 1.00 bits per heavy atom. The highest BCUT2D eigenvalue weighted by Gasteiger charge is 2.07.